The first-order chi connectivity index (χ1) is 13.9. The van der Waals surface area contributed by atoms with Crippen LogP contribution in [0.2, 0.25) is 0 Å². The van der Waals surface area contributed by atoms with Gasteiger partial charge in [0.15, 0.2) is 29.4 Å². The molecule has 0 bridgehead atoms. The summed E-state index contributed by atoms with van der Waals surface area (Å²) in [4.78, 5) is 28.9. The number of amides is 1. The van der Waals surface area contributed by atoms with Crippen LogP contribution < -0.4 is 5.32 Å². The van der Waals surface area contributed by atoms with Crippen molar-refractivity contribution in [3.8, 4) is 0 Å². The first-order valence-corrected chi connectivity index (χ1v) is 8.36. The van der Waals surface area contributed by atoms with Gasteiger partial charge in [0.05, 0.1) is 5.56 Å². The number of anilines is 1. The number of aromatic nitrogens is 1. The Morgan fingerprint density at radius 1 is 0.931 bits per heavy atom. The van der Waals surface area contributed by atoms with Crippen molar-refractivity contribution in [1.82, 2.24) is 4.98 Å². The summed E-state index contributed by atoms with van der Waals surface area (Å²) in [5.74, 6) is -4.82. The Balaban J connectivity index is 1.68. The summed E-state index contributed by atoms with van der Waals surface area (Å²) in [6, 6.07) is 10.9. The Labute approximate surface area is 161 Å². The van der Waals surface area contributed by atoms with Gasteiger partial charge in [-0.05, 0) is 42.5 Å². The van der Waals surface area contributed by atoms with Crippen LogP contribution in [0.5, 0.6) is 0 Å². The van der Waals surface area contributed by atoms with E-state index in [-0.39, 0.29) is 16.8 Å². The van der Waals surface area contributed by atoms with Crippen molar-refractivity contribution in [2.24, 2.45) is 0 Å². The Hall–Kier alpha value is -3.94. The molecule has 0 saturated heterocycles. The second-order valence-corrected chi connectivity index (χ2v) is 6.15. The monoisotopic (exact) mass is 396 g/mol. The average Bonchev–Trinajstić information content (AvgIpc) is 3.18. The normalized spacial score (nSPS) is 10.9. The summed E-state index contributed by atoms with van der Waals surface area (Å²) in [6.07, 6.45) is 1.20. The number of rotatable bonds is 4. The predicted octanol–water partition coefficient (Wildman–Crippen LogP) is 4.73. The Morgan fingerprint density at radius 2 is 1.76 bits per heavy atom. The van der Waals surface area contributed by atoms with Gasteiger partial charge in [0.2, 0.25) is 0 Å². The fraction of sp³-hybridized carbons (Fsp3) is 0. The molecule has 0 aliphatic heterocycles. The third-order valence-electron chi connectivity index (χ3n) is 4.21. The molecule has 0 fully saturated rings. The first-order valence-electron chi connectivity index (χ1n) is 8.36. The molecule has 0 aliphatic rings. The van der Waals surface area contributed by atoms with Gasteiger partial charge in [0.25, 0.3) is 5.91 Å². The maximum Gasteiger partial charge on any atom is 0.255 e. The highest BCUT2D eigenvalue weighted by atomic mass is 19.2. The molecule has 0 unspecified atom stereocenters. The van der Waals surface area contributed by atoms with Crippen LogP contribution in [0.1, 0.15) is 26.3 Å². The molecule has 0 aliphatic carbocycles. The number of hydrogen-bond acceptors (Lipinski definition) is 4. The third kappa shape index (κ3) is 3.60. The standard InChI is InChI=1S/C21H11F3N2O3/c22-13-3-1-2-12(6-13)21(28)26-14-8-15(19(24)16(23)9-14)20(27)11-4-5-18-17(7-11)25-10-29-18/h1-10H,(H,26,28). The van der Waals surface area contributed by atoms with Gasteiger partial charge in [-0.25, -0.2) is 18.2 Å². The number of fused-ring (bicyclic) bond motifs is 1. The summed E-state index contributed by atoms with van der Waals surface area (Å²) >= 11 is 0. The van der Waals surface area contributed by atoms with Crippen molar-refractivity contribution in [2.75, 3.05) is 5.32 Å². The lowest BCUT2D eigenvalue weighted by atomic mass is 10.0. The molecule has 1 amide bonds. The van der Waals surface area contributed by atoms with E-state index in [1.165, 1.54) is 36.7 Å². The van der Waals surface area contributed by atoms with E-state index in [1.807, 2.05) is 0 Å². The highest BCUT2D eigenvalue weighted by molar-refractivity contribution is 6.11. The molecule has 4 aromatic rings. The fourth-order valence-corrected chi connectivity index (χ4v) is 2.81. The summed E-state index contributed by atoms with van der Waals surface area (Å²) in [5.41, 5.74) is 0.153. The predicted molar refractivity (Wildman–Crippen MR) is 98.2 cm³/mol. The minimum absolute atomic E-state index is 0.0147. The van der Waals surface area contributed by atoms with E-state index in [9.17, 15) is 22.8 Å². The lowest BCUT2D eigenvalue weighted by Gasteiger charge is -2.10. The van der Waals surface area contributed by atoms with Crippen molar-refractivity contribution >= 4 is 28.5 Å². The molecule has 4 rings (SSSR count). The van der Waals surface area contributed by atoms with Gasteiger partial charge < -0.3 is 9.73 Å². The number of halogens is 3. The van der Waals surface area contributed by atoms with Crippen LogP contribution >= 0.6 is 0 Å². The molecule has 8 heteroatoms. The molecule has 1 aromatic heterocycles. The maximum absolute atomic E-state index is 14.3. The fourth-order valence-electron chi connectivity index (χ4n) is 2.81. The van der Waals surface area contributed by atoms with E-state index < -0.39 is 34.7 Å². The van der Waals surface area contributed by atoms with Crippen molar-refractivity contribution < 1.29 is 27.2 Å². The van der Waals surface area contributed by atoms with Crippen molar-refractivity contribution in [3.63, 3.8) is 0 Å². The second-order valence-electron chi connectivity index (χ2n) is 6.15. The molecule has 144 valence electrons. The highest BCUT2D eigenvalue weighted by Gasteiger charge is 2.20. The number of benzene rings is 3. The number of ketones is 1. The lowest BCUT2D eigenvalue weighted by molar-refractivity contribution is 0.101. The van der Waals surface area contributed by atoms with Crippen LogP contribution in [0.3, 0.4) is 0 Å². The number of hydrogen-bond donors (Lipinski definition) is 1. The maximum atomic E-state index is 14.3. The van der Waals surface area contributed by atoms with Crippen molar-refractivity contribution in [1.29, 1.82) is 0 Å². The van der Waals surface area contributed by atoms with E-state index in [1.54, 1.807) is 0 Å². The molecular formula is C21H11F3N2O3. The van der Waals surface area contributed by atoms with Gasteiger partial charge in [-0.3, -0.25) is 9.59 Å². The minimum atomic E-state index is -1.35. The van der Waals surface area contributed by atoms with Crippen molar-refractivity contribution in [3.05, 3.63) is 95.1 Å². The van der Waals surface area contributed by atoms with Crippen LogP contribution in [-0.2, 0) is 0 Å². The van der Waals surface area contributed by atoms with E-state index >= 15 is 0 Å². The summed E-state index contributed by atoms with van der Waals surface area (Å²) in [6.45, 7) is 0. The average molecular weight is 396 g/mol. The summed E-state index contributed by atoms with van der Waals surface area (Å²) < 4.78 is 46.7. The molecule has 29 heavy (non-hydrogen) atoms. The zero-order chi connectivity index (χ0) is 20.5. The van der Waals surface area contributed by atoms with Gasteiger partial charge >= 0.3 is 0 Å². The summed E-state index contributed by atoms with van der Waals surface area (Å²) in [7, 11) is 0. The summed E-state index contributed by atoms with van der Waals surface area (Å²) in [5, 5.41) is 2.33. The molecule has 1 heterocycles. The van der Waals surface area contributed by atoms with Gasteiger partial charge in [0.1, 0.15) is 11.3 Å². The Kier molecular flexibility index (Phi) is 4.59. The zero-order valence-electron chi connectivity index (χ0n) is 14.6. The molecule has 3 aromatic carbocycles. The van der Waals surface area contributed by atoms with E-state index in [2.05, 4.69) is 10.3 Å². The quantitative estimate of drug-likeness (QED) is 0.507. The SMILES string of the molecule is O=C(Nc1cc(F)c(F)c(C(=O)c2ccc3ocnc3c2)c1)c1cccc(F)c1. The van der Waals surface area contributed by atoms with Crippen LogP contribution in [0.4, 0.5) is 18.9 Å². The van der Waals surface area contributed by atoms with Crippen LogP contribution in [0, 0.1) is 17.5 Å². The number of carbonyl (C=O) groups is 2. The van der Waals surface area contributed by atoms with Crippen LogP contribution in [-0.4, -0.2) is 16.7 Å². The van der Waals surface area contributed by atoms with Gasteiger partial charge in [-0.2, -0.15) is 0 Å². The van der Waals surface area contributed by atoms with Gasteiger partial charge in [-0.1, -0.05) is 6.07 Å². The molecule has 0 saturated carbocycles. The molecule has 0 radical (unpaired) electrons. The van der Waals surface area contributed by atoms with Crippen LogP contribution in [0.25, 0.3) is 11.1 Å². The number of nitrogens with one attached hydrogen (secondary N) is 1. The van der Waals surface area contributed by atoms with E-state index in [0.29, 0.717) is 11.1 Å². The molecule has 5 nitrogen and oxygen atoms in total. The minimum Gasteiger partial charge on any atom is -0.443 e. The largest absolute Gasteiger partial charge is 0.443 e. The molecule has 1 N–H and O–H groups in total. The topological polar surface area (TPSA) is 72.2 Å². The smallest absolute Gasteiger partial charge is 0.255 e. The first kappa shape index (κ1) is 18.4. The van der Waals surface area contributed by atoms with Gasteiger partial charge in [0, 0.05) is 22.9 Å². The molecular weight excluding hydrogens is 385 g/mol. The van der Waals surface area contributed by atoms with E-state index in [4.69, 9.17) is 4.42 Å². The third-order valence-corrected chi connectivity index (χ3v) is 4.21. The van der Waals surface area contributed by atoms with Gasteiger partial charge in [-0.15, -0.1) is 0 Å². The number of nitrogens with zero attached hydrogens (tertiary/aromatic N) is 1. The van der Waals surface area contributed by atoms with E-state index in [0.717, 1.165) is 24.3 Å². The molecule has 0 atom stereocenters. The second kappa shape index (κ2) is 7.23. The Morgan fingerprint density at radius 3 is 2.55 bits per heavy atom. The van der Waals surface area contributed by atoms with Crippen molar-refractivity contribution in [2.45, 2.75) is 0 Å². The van der Waals surface area contributed by atoms with Crippen LogP contribution in [0.15, 0.2) is 65.4 Å². The number of oxazole rings is 1. The highest BCUT2D eigenvalue weighted by Crippen LogP contribution is 2.24. The molecule has 0 spiro atoms. The lowest BCUT2D eigenvalue weighted by Crippen LogP contribution is -2.14. The zero-order valence-corrected chi connectivity index (χ0v) is 14.6. The Bertz CT molecular complexity index is 1270. The number of carbonyl (C=O) groups excluding carboxylic acids is 2.